The van der Waals surface area contributed by atoms with Crippen LogP contribution in [-0.4, -0.2) is 146 Å². The molecule has 4 fully saturated rings. The van der Waals surface area contributed by atoms with Crippen molar-refractivity contribution in [2.45, 2.75) is 60.9 Å². The third kappa shape index (κ3) is 16.0. The molecule has 2 heterocycles. The first kappa shape index (κ1) is 67.6. The van der Waals surface area contributed by atoms with Gasteiger partial charge in [-0.3, -0.25) is 0 Å². The van der Waals surface area contributed by atoms with Crippen molar-refractivity contribution >= 4 is 94.2 Å². The van der Waals surface area contributed by atoms with Crippen molar-refractivity contribution < 1.29 is 87.2 Å². The quantitative estimate of drug-likeness (QED) is 0.0306. The van der Waals surface area contributed by atoms with E-state index in [1.165, 1.54) is 121 Å². The Balaban J connectivity index is 0.000000169. The summed E-state index contributed by atoms with van der Waals surface area (Å²) in [6.45, 7) is 5.79. The number of halogens is 4. The van der Waals surface area contributed by atoms with Crippen LogP contribution in [0.3, 0.4) is 0 Å². The van der Waals surface area contributed by atoms with E-state index in [1.807, 2.05) is 24.3 Å². The van der Waals surface area contributed by atoms with Gasteiger partial charge in [0, 0.05) is 49.0 Å². The number of rotatable bonds is 20. The van der Waals surface area contributed by atoms with Gasteiger partial charge in [0.2, 0.25) is 24.4 Å². The van der Waals surface area contributed by atoms with Crippen LogP contribution in [-0.2, 0) is 58.4 Å². The van der Waals surface area contributed by atoms with Crippen molar-refractivity contribution in [2.75, 3.05) is 53.6 Å². The molecule has 6 aromatic carbocycles. The second-order valence-electron chi connectivity index (χ2n) is 21.2. The van der Waals surface area contributed by atoms with Gasteiger partial charge in [-0.2, -0.15) is 0 Å². The van der Waals surface area contributed by atoms with Gasteiger partial charge in [-0.05, 0) is 123 Å². The zero-order valence-corrected chi connectivity index (χ0v) is 50.4. The van der Waals surface area contributed by atoms with Crippen molar-refractivity contribution in [3.63, 3.8) is 0 Å². The van der Waals surface area contributed by atoms with Gasteiger partial charge in [0.05, 0.1) is 55.6 Å². The highest BCUT2D eigenvalue weighted by atomic mass is 35.5. The molecule has 0 bridgehead atoms. The second-order valence-corrected chi connectivity index (χ2v) is 22.8. The number of carboxylic acid groups (broad SMARTS) is 4. The molecule has 0 radical (unpaired) electrons. The van der Waals surface area contributed by atoms with Crippen molar-refractivity contribution in [3.05, 3.63) is 211 Å². The van der Waals surface area contributed by atoms with Crippen LogP contribution in [0.25, 0.3) is 0 Å². The van der Waals surface area contributed by atoms with E-state index in [2.05, 4.69) is 22.8 Å². The topological polar surface area (TPSA) is 297 Å². The number of hydrogen-bond acceptors (Lipinski definition) is 16. The molecule has 2 aliphatic heterocycles. The van der Waals surface area contributed by atoms with E-state index in [-0.39, 0.29) is 43.9 Å². The molecule has 4 aliphatic rings. The summed E-state index contributed by atoms with van der Waals surface area (Å²) in [6, 6.07) is 41.8. The number of piperidine rings is 2. The standard InChI is InChI=1S/2C18H14O8.2C14H17Cl2NO/c2*19-15(20)13(25-17(23)11-7-3-1-4-8-11)14(16(21)22)26-18(24)12-9-5-2-6-10-12;2*1-18-9-13-7-14(13,4-5-17-8-13)10-2-3-11(15)12(16)6-10/h2*1-10,13-14H,(H,19,20)(H,21,22);2*2-3,6,17H,4-5,7-9H2,1H3/t4*13-,14?/m1010/s1. The molecule has 8 atom stereocenters. The molecule has 2 saturated heterocycles. The van der Waals surface area contributed by atoms with Crippen LogP contribution in [0.15, 0.2) is 158 Å². The second kappa shape index (κ2) is 30.3. The van der Waals surface area contributed by atoms with E-state index in [1.54, 1.807) is 38.5 Å². The number of esters is 4. The maximum absolute atomic E-state index is 12.0. The number of hydrogen-bond donors (Lipinski definition) is 6. The normalized spacial score (nSPS) is 21.3. The van der Waals surface area contributed by atoms with Gasteiger partial charge >= 0.3 is 47.8 Å². The molecule has 2 saturated carbocycles. The van der Waals surface area contributed by atoms with E-state index >= 15 is 0 Å². The number of ether oxygens (including phenoxy) is 6. The van der Waals surface area contributed by atoms with E-state index in [0.717, 1.165) is 52.2 Å². The summed E-state index contributed by atoms with van der Waals surface area (Å²) in [6.07, 6.45) is -4.21. The molecule has 2 aliphatic carbocycles. The Labute approximate surface area is 525 Å². The Morgan fingerprint density at radius 3 is 0.898 bits per heavy atom. The molecule has 20 nitrogen and oxygen atoms in total. The molecule has 464 valence electrons. The van der Waals surface area contributed by atoms with Crippen LogP contribution in [0.4, 0.5) is 0 Å². The van der Waals surface area contributed by atoms with Gasteiger partial charge in [0.25, 0.3) is 0 Å². The molecule has 4 unspecified atom stereocenters. The number of nitrogens with one attached hydrogen (secondary N) is 2. The fourth-order valence-corrected chi connectivity index (χ4v) is 11.8. The van der Waals surface area contributed by atoms with Gasteiger partial charge in [-0.25, -0.2) is 38.4 Å². The van der Waals surface area contributed by atoms with Crippen molar-refractivity contribution in [1.82, 2.24) is 10.6 Å². The molecule has 88 heavy (non-hydrogen) atoms. The molecule has 6 aromatic rings. The lowest BCUT2D eigenvalue weighted by molar-refractivity contribution is -0.166. The predicted octanol–water partition coefficient (Wildman–Crippen LogP) is 9.74. The van der Waals surface area contributed by atoms with E-state index < -0.39 is 72.2 Å². The first-order chi connectivity index (χ1) is 42.1. The minimum Gasteiger partial charge on any atom is -0.478 e. The summed E-state index contributed by atoms with van der Waals surface area (Å²) in [5.41, 5.74) is 3.70. The Hall–Kier alpha value is -7.92. The largest absolute Gasteiger partial charge is 0.478 e. The first-order valence-electron chi connectivity index (χ1n) is 27.3. The van der Waals surface area contributed by atoms with Crippen molar-refractivity contribution in [2.24, 2.45) is 10.8 Å². The highest BCUT2D eigenvalue weighted by Crippen LogP contribution is 2.69. The number of carboxylic acids is 4. The van der Waals surface area contributed by atoms with E-state index in [9.17, 15) is 58.8 Å². The maximum atomic E-state index is 12.0. The van der Waals surface area contributed by atoms with Gasteiger partial charge in [0.15, 0.2) is 0 Å². The van der Waals surface area contributed by atoms with Crippen molar-refractivity contribution in [1.29, 1.82) is 0 Å². The molecular formula is C64H62Cl4N2O18. The lowest BCUT2D eigenvalue weighted by atomic mass is 9.81. The SMILES string of the molecule is COC[C@@]12CNCCC1(c1ccc(Cl)c(Cl)c1)C2.COC[C@]12CNCCC1(c1ccc(Cl)c(Cl)c1)C2.O=C(OC(C(=O)O)[C@@H](OC(=O)c1ccccc1)C(=O)O)c1ccccc1.O=C(OC(C(=O)O)[C@H](OC(=O)c1ccccc1)C(=O)O)c1ccccc1. The third-order valence-corrected chi connectivity index (χ3v) is 17.2. The van der Waals surface area contributed by atoms with Crippen LogP contribution >= 0.6 is 46.4 Å². The summed E-state index contributed by atoms with van der Waals surface area (Å²) in [5.74, 6) is -11.3. The lowest BCUT2D eigenvalue weighted by Gasteiger charge is -2.31. The Kier molecular flexibility index (Phi) is 23.3. The molecule has 0 aromatic heterocycles. The van der Waals surface area contributed by atoms with E-state index in [0.29, 0.717) is 20.1 Å². The number of benzene rings is 6. The summed E-state index contributed by atoms with van der Waals surface area (Å²) >= 11 is 24.3. The molecule has 0 amide bonds. The third-order valence-electron chi connectivity index (χ3n) is 15.7. The molecule has 0 spiro atoms. The number of aliphatic carboxylic acids is 4. The van der Waals surface area contributed by atoms with Crippen LogP contribution in [0.1, 0.15) is 78.2 Å². The molecule has 24 heteroatoms. The van der Waals surface area contributed by atoms with Crippen molar-refractivity contribution in [3.8, 4) is 0 Å². The van der Waals surface area contributed by atoms with Crippen LogP contribution in [0.2, 0.25) is 20.1 Å². The number of fused-ring (bicyclic) bond motifs is 2. The molecule has 6 N–H and O–H groups in total. The van der Waals surface area contributed by atoms with Gasteiger partial charge in [-0.1, -0.05) is 131 Å². The Bertz CT molecular complexity index is 3090. The van der Waals surface area contributed by atoms with Crippen LogP contribution < -0.4 is 10.6 Å². The van der Waals surface area contributed by atoms with Gasteiger partial charge in [-0.15, -0.1) is 0 Å². The Morgan fingerprint density at radius 2 is 0.670 bits per heavy atom. The van der Waals surface area contributed by atoms with Gasteiger partial charge in [0.1, 0.15) is 0 Å². The minimum absolute atomic E-state index is 0.0253. The number of methoxy groups -OCH3 is 2. The highest BCUT2D eigenvalue weighted by molar-refractivity contribution is 6.42. The first-order valence-corrected chi connectivity index (χ1v) is 28.8. The zero-order valence-electron chi connectivity index (χ0n) is 47.4. The molecule has 10 rings (SSSR count). The van der Waals surface area contributed by atoms with Crippen LogP contribution in [0, 0.1) is 10.8 Å². The van der Waals surface area contributed by atoms with Crippen LogP contribution in [0.5, 0.6) is 0 Å². The van der Waals surface area contributed by atoms with Gasteiger partial charge < -0.3 is 59.5 Å². The monoisotopic (exact) mass is 1290 g/mol. The predicted molar refractivity (Wildman–Crippen MR) is 322 cm³/mol. The lowest BCUT2D eigenvalue weighted by Crippen LogP contribution is -2.45. The number of carbonyl (C=O) groups is 8. The van der Waals surface area contributed by atoms with E-state index in [4.69, 9.17) is 74.8 Å². The number of carbonyl (C=O) groups excluding carboxylic acids is 4. The average Bonchev–Trinajstić information content (AvgIpc) is 1.54. The fourth-order valence-electron chi connectivity index (χ4n) is 11.2. The summed E-state index contributed by atoms with van der Waals surface area (Å²) in [5, 5.41) is 46.5. The minimum atomic E-state index is -2.21. The average molecular weight is 1290 g/mol. The highest BCUT2D eigenvalue weighted by Gasteiger charge is 2.69. The smallest absolute Gasteiger partial charge is 0.349 e. The summed E-state index contributed by atoms with van der Waals surface area (Å²) in [7, 11) is 3.56. The zero-order chi connectivity index (χ0) is 63.8. The molecular weight excluding hydrogens is 1230 g/mol. The fraction of sp³-hybridized carbons (Fsp3) is 0.312. The Morgan fingerprint density at radius 1 is 0.409 bits per heavy atom. The summed E-state index contributed by atoms with van der Waals surface area (Å²) in [4.78, 5) is 93.7. The maximum Gasteiger partial charge on any atom is 0.349 e. The summed E-state index contributed by atoms with van der Waals surface area (Å²) < 4.78 is 29.9.